The molecule has 0 unspecified atom stereocenters. The lowest BCUT2D eigenvalue weighted by Crippen LogP contribution is -2.27. The summed E-state index contributed by atoms with van der Waals surface area (Å²) in [6.45, 7) is 0.386. The Labute approximate surface area is 195 Å². The zero-order chi connectivity index (χ0) is 24.1. The monoisotopic (exact) mass is 462 g/mol. The Balaban J connectivity index is 1.23. The van der Waals surface area contributed by atoms with Crippen molar-refractivity contribution >= 4 is 23.7 Å². The lowest BCUT2D eigenvalue weighted by atomic mass is 9.98. The van der Waals surface area contributed by atoms with Crippen molar-refractivity contribution in [1.29, 1.82) is 0 Å². The van der Waals surface area contributed by atoms with Crippen molar-refractivity contribution in [3.63, 3.8) is 0 Å². The number of carbonyl (C=O) groups excluding carboxylic acids is 2. The molecule has 1 aliphatic carbocycles. The first-order valence-electron chi connectivity index (χ1n) is 10.9. The standard InChI is InChI=1S/C26H23FN2O5/c27-21-11-5-12-22(24(21)25(31)32)29-23(30)13-6-14-28-26(33)34-15-20-18-9-3-1-7-16(18)17-8-2-4-10-19(17)20/h1-5,7-12,20H,6,13-15H2,(H,28,33)(H,29,30)(H,31,32). The first-order valence-corrected chi connectivity index (χ1v) is 10.9. The summed E-state index contributed by atoms with van der Waals surface area (Å²) in [6.07, 6.45) is -0.270. The molecule has 3 aromatic carbocycles. The Bertz CT molecular complexity index is 1200. The highest BCUT2D eigenvalue weighted by atomic mass is 19.1. The maximum atomic E-state index is 13.7. The summed E-state index contributed by atoms with van der Waals surface area (Å²) in [5.41, 5.74) is 3.82. The second kappa shape index (κ2) is 10.2. The van der Waals surface area contributed by atoms with Gasteiger partial charge in [-0.2, -0.15) is 0 Å². The van der Waals surface area contributed by atoms with Crippen LogP contribution >= 0.6 is 0 Å². The van der Waals surface area contributed by atoms with Crippen LogP contribution in [-0.2, 0) is 9.53 Å². The molecule has 0 heterocycles. The fourth-order valence-electron chi connectivity index (χ4n) is 4.15. The van der Waals surface area contributed by atoms with Crippen molar-refractivity contribution in [3.05, 3.63) is 89.2 Å². The number of anilines is 1. The molecule has 34 heavy (non-hydrogen) atoms. The van der Waals surface area contributed by atoms with Crippen molar-refractivity contribution in [1.82, 2.24) is 5.32 Å². The van der Waals surface area contributed by atoms with Gasteiger partial charge < -0.3 is 20.5 Å². The summed E-state index contributed by atoms with van der Waals surface area (Å²) in [4.78, 5) is 35.5. The second-order valence-electron chi connectivity index (χ2n) is 7.87. The van der Waals surface area contributed by atoms with E-state index in [4.69, 9.17) is 9.84 Å². The molecule has 0 bridgehead atoms. The number of fused-ring (bicyclic) bond motifs is 3. The van der Waals surface area contributed by atoms with Crippen LogP contribution in [0.1, 0.15) is 40.2 Å². The number of hydrogen-bond acceptors (Lipinski definition) is 4. The minimum atomic E-state index is -1.47. The first-order chi connectivity index (χ1) is 16.5. The predicted octanol–water partition coefficient (Wildman–Crippen LogP) is 4.78. The van der Waals surface area contributed by atoms with Crippen molar-refractivity contribution < 1.29 is 28.6 Å². The lowest BCUT2D eigenvalue weighted by molar-refractivity contribution is -0.116. The maximum absolute atomic E-state index is 13.7. The molecule has 1 aliphatic rings. The molecule has 4 rings (SSSR count). The van der Waals surface area contributed by atoms with E-state index in [2.05, 4.69) is 22.8 Å². The van der Waals surface area contributed by atoms with Crippen molar-refractivity contribution in [2.45, 2.75) is 18.8 Å². The molecule has 0 radical (unpaired) electrons. The first kappa shape index (κ1) is 23.0. The van der Waals surface area contributed by atoms with Gasteiger partial charge in [0.05, 0.1) is 5.69 Å². The van der Waals surface area contributed by atoms with Crippen molar-refractivity contribution in [2.75, 3.05) is 18.5 Å². The van der Waals surface area contributed by atoms with Crippen LogP contribution in [0.15, 0.2) is 66.7 Å². The van der Waals surface area contributed by atoms with E-state index in [9.17, 15) is 18.8 Å². The van der Waals surface area contributed by atoms with Gasteiger partial charge in [0.15, 0.2) is 0 Å². The average molecular weight is 462 g/mol. The fourth-order valence-corrected chi connectivity index (χ4v) is 4.15. The van der Waals surface area contributed by atoms with Crippen molar-refractivity contribution in [2.24, 2.45) is 0 Å². The summed E-state index contributed by atoms with van der Waals surface area (Å²) < 4.78 is 19.1. The van der Waals surface area contributed by atoms with Gasteiger partial charge in [0.2, 0.25) is 5.91 Å². The van der Waals surface area contributed by atoms with Crippen molar-refractivity contribution in [3.8, 4) is 11.1 Å². The highest BCUT2D eigenvalue weighted by Gasteiger charge is 2.29. The zero-order valence-electron chi connectivity index (χ0n) is 18.2. The molecule has 0 fully saturated rings. The normalized spacial score (nSPS) is 11.9. The summed E-state index contributed by atoms with van der Waals surface area (Å²) in [5.74, 6) is -2.92. The van der Waals surface area contributed by atoms with E-state index >= 15 is 0 Å². The summed E-state index contributed by atoms with van der Waals surface area (Å²) in [5, 5.41) is 14.1. The SMILES string of the molecule is O=C(CCCNC(=O)OCC1c2ccccc2-c2ccccc21)Nc1cccc(F)c1C(=O)O. The van der Waals surface area contributed by atoms with Gasteiger partial charge in [-0.15, -0.1) is 0 Å². The Hall–Kier alpha value is -4.20. The molecular weight excluding hydrogens is 439 g/mol. The number of benzene rings is 3. The van der Waals surface area contributed by atoms with Crippen LogP contribution in [0.3, 0.4) is 0 Å². The molecule has 7 nitrogen and oxygen atoms in total. The van der Waals surface area contributed by atoms with Crippen LogP contribution < -0.4 is 10.6 Å². The van der Waals surface area contributed by atoms with Gasteiger partial charge in [-0.25, -0.2) is 14.0 Å². The van der Waals surface area contributed by atoms with Crippen LogP contribution in [0, 0.1) is 5.82 Å². The number of ether oxygens (including phenoxy) is 1. The number of alkyl carbamates (subject to hydrolysis) is 1. The number of carboxylic acids is 1. The quantitative estimate of drug-likeness (QED) is 0.418. The third kappa shape index (κ3) is 4.91. The number of aromatic carboxylic acids is 1. The van der Waals surface area contributed by atoms with Crippen LogP contribution in [0.2, 0.25) is 0 Å². The molecule has 3 N–H and O–H groups in total. The van der Waals surface area contributed by atoms with Crippen LogP contribution in [0.4, 0.5) is 14.9 Å². The summed E-state index contributed by atoms with van der Waals surface area (Å²) >= 11 is 0. The predicted molar refractivity (Wildman–Crippen MR) is 124 cm³/mol. The van der Waals surface area contributed by atoms with Gasteiger partial charge in [-0.05, 0) is 40.8 Å². The highest BCUT2D eigenvalue weighted by Crippen LogP contribution is 2.44. The minimum Gasteiger partial charge on any atom is -0.478 e. The number of halogens is 1. The van der Waals surface area contributed by atoms with Crippen LogP contribution in [0.25, 0.3) is 11.1 Å². The van der Waals surface area contributed by atoms with Gasteiger partial charge in [-0.3, -0.25) is 4.79 Å². The Morgan fingerprint density at radius 1 is 0.912 bits per heavy atom. The largest absolute Gasteiger partial charge is 0.478 e. The lowest BCUT2D eigenvalue weighted by Gasteiger charge is -2.14. The van der Waals surface area contributed by atoms with E-state index in [0.717, 1.165) is 28.3 Å². The van der Waals surface area contributed by atoms with E-state index in [0.29, 0.717) is 6.42 Å². The topological polar surface area (TPSA) is 105 Å². The van der Waals surface area contributed by atoms with E-state index < -0.39 is 29.4 Å². The van der Waals surface area contributed by atoms with Gasteiger partial charge in [-0.1, -0.05) is 54.6 Å². The average Bonchev–Trinajstić information content (AvgIpc) is 3.14. The van der Waals surface area contributed by atoms with E-state index in [1.807, 2.05) is 36.4 Å². The molecular formula is C26H23FN2O5. The maximum Gasteiger partial charge on any atom is 0.407 e. The smallest absolute Gasteiger partial charge is 0.407 e. The Morgan fingerprint density at radius 3 is 2.21 bits per heavy atom. The molecule has 0 saturated carbocycles. The molecule has 3 aromatic rings. The number of hydrogen-bond donors (Lipinski definition) is 3. The van der Waals surface area contributed by atoms with Gasteiger partial charge >= 0.3 is 12.1 Å². The third-order valence-corrected chi connectivity index (χ3v) is 5.70. The molecule has 8 heteroatoms. The molecule has 174 valence electrons. The van der Waals surface area contributed by atoms with Gasteiger partial charge in [0.1, 0.15) is 18.0 Å². The zero-order valence-corrected chi connectivity index (χ0v) is 18.2. The molecule has 0 saturated heterocycles. The summed E-state index contributed by atoms with van der Waals surface area (Å²) in [6, 6.07) is 19.7. The Kier molecular flexibility index (Phi) is 6.87. The van der Waals surface area contributed by atoms with E-state index in [1.54, 1.807) is 0 Å². The number of carbonyl (C=O) groups is 3. The number of rotatable bonds is 8. The van der Waals surface area contributed by atoms with Gasteiger partial charge in [0.25, 0.3) is 0 Å². The Morgan fingerprint density at radius 2 is 1.56 bits per heavy atom. The second-order valence-corrected chi connectivity index (χ2v) is 7.87. The molecule has 0 spiro atoms. The fraction of sp³-hybridized carbons (Fsp3) is 0.192. The van der Waals surface area contributed by atoms with Crippen LogP contribution in [0.5, 0.6) is 0 Å². The summed E-state index contributed by atoms with van der Waals surface area (Å²) in [7, 11) is 0. The van der Waals surface area contributed by atoms with E-state index in [-0.39, 0.29) is 31.2 Å². The molecule has 0 aliphatic heterocycles. The number of nitrogens with one attached hydrogen (secondary N) is 2. The van der Waals surface area contributed by atoms with Gasteiger partial charge in [0, 0.05) is 18.9 Å². The minimum absolute atomic E-state index is 0.0131. The number of amides is 2. The molecule has 0 atom stereocenters. The molecule has 0 aromatic heterocycles. The molecule has 2 amide bonds. The third-order valence-electron chi connectivity index (χ3n) is 5.70. The highest BCUT2D eigenvalue weighted by molar-refractivity contribution is 6.00. The van der Waals surface area contributed by atoms with Crippen LogP contribution in [-0.4, -0.2) is 36.2 Å². The van der Waals surface area contributed by atoms with E-state index in [1.165, 1.54) is 12.1 Å². The number of carboxylic acid groups (broad SMARTS) is 1.